The molecule has 1 aliphatic rings. The lowest BCUT2D eigenvalue weighted by molar-refractivity contribution is 0.0696. The highest BCUT2D eigenvalue weighted by atomic mass is 32.2. The average molecular weight is 312 g/mol. The van der Waals surface area contributed by atoms with Crippen LogP contribution >= 0.6 is 0 Å². The van der Waals surface area contributed by atoms with Crippen molar-refractivity contribution < 1.29 is 18.3 Å². The molecule has 0 aliphatic carbocycles. The summed E-state index contributed by atoms with van der Waals surface area (Å²) in [5.74, 6) is -1.11. The second-order valence-electron chi connectivity index (χ2n) is 5.30. The van der Waals surface area contributed by atoms with Crippen molar-refractivity contribution in [1.29, 1.82) is 0 Å². The number of carboxylic acids is 1. The molecule has 1 aromatic carbocycles. The van der Waals surface area contributed by atoms with Crippen LogP contribution in [-0.2, 0) is 9.84 Å². The van der Waals surface area contributed by atoms with E-state index in [4.69, 9.17) is 5.11 Å². The van der Waals surface area contributed by atoms with Gasteiger partial charge in [0.05, 0.1) is 16.2 Å². The molecule has 2 rings (SSSR count). The predicted molar refractivity (Wildman–Crippen MR) is 79.4 cm³/mol. The summed E-state index contributed by atoms with van der Waals surface area (Å²) in [6.07, 6.45) is 0. The van der Waals surface area contributed by atoms with E-state index in [1.807, 2.05) is 7.05 Å². The smallest absolute Gasteiger partial charge is 0.335 e. The Hall–Kier alpha value is -1.44. The number of nitrogens with zero attached hydrogens (tertiary/aromatic N) is 2. The first-order valence-corrected chi connectivity index (χ1v) is 8.51. The zero-order chi connectivity index (χ0) is 15.5. The molecule has 0 bridgehead atoms. The first-order chi connectivity index (χ1) is 9.88. The molecule has 1 saturated heterocycles. The molecule has 0 amide bonds. The predicted octanol–water partition coefficient (Wildman–Crippen LogP) is 0.406. The minimum absolute atomic E-state index is 0.00401. The Morgan fingerprint density at radius 3 is 2.52 bits per heavy atom. The fraction of sp³-hybridized carbons (Fsp3) is 0.500. The highest BCUT2D eigenvalue weighted by molar-refractivity contribution is 7.91. The molecule has 0 unspecified atom stereocenters. The van der Waals surface area contributed by atoms with Crippen LogP contribution in [0.25, 0.3) is 0 Å². The van der Waals surface area contributed by atoms with Crippen LogP contribution in [0.5, 0.6) is 0 Å². The average Bonchev–Trinajstić information content (AvgIpc) is 2.47. The van der Waals surface area contributed by atoms with Crippen LogP contribution in [0.1, 0.15) is 10.4 Å². The summed E-state index contributed by atoms with van der Waals surface area (Å²) in [7, 11) is -1.40. The Morgan fingerprint density at radius 1 is 1.24 bits per heavy atom. The van der Waals surface area contributed by atoms with Gasteiger partial charge in [0, 0.05) is 32.7 Å². The number of carbonyl (C=O) groups is 1. The number of hydrogen-bond acceptors (Lipinski definition) is 5. The Morgan fingerprint density at radius 2 is 1.90 bits per heavy atom. The minimum Gasteiger partial charge on any atom is -0.478 e. The second-order valence-corrected chi connectivity index (χ2v) is 7.41. The van der Waals surface area contributed by atoms with E-state index in [0.717, 1.165) is 26.2 Å². The van der Waals surface area contributed by atoms with E-state index in [1.54, 1.807) is 0 Å². The van der Waals surface area contributed by atoms with Gasteiger partial charge in [-0.15, -0.1) is 0 Å². The van der Waals surface area contributed by atoms with Gasteiger partial charge in [0.1, 0.15) is 0 Å². The van der Waals surface area contributed by atoms with Gasteiger partial charge in [0.25, 0.3) is 0 Å². The van der Waals surface area contributed by atoms with Crippen LogP contribution in [0.3, 0.4) is 0 Å². The van der Waals surface area contributed by atoms with Gasteiger partial charge < -0.3 is 10.0 Å². The normalized spacial score (nSPS) is 17.8. The van der Waals surface area contributed by atoms with E-state index in [0.29, 0.717) is 6.54 Å². The van der Waals surface area contributed by atoms with E-state index in [2.05, 4.69) is 9.80 Å². The van der Waals surface area contributed by atoms with Crippen LogP contribution in [-0.4, -0.2) is 74.8 Å². The summed E-state index contributed by atoms with van der Waals surface area (Å²) in [5.41, 5.74) is -0.00401. The Bertz CT molecular complexity index is 607. The van der Waals surface area contributed by atoms with Crippen molar-refractivity contribution in [2.24, 2.45) is 0 Å². The standard InChI is InChI=1S/C14H20N2O4S/c1-15-5-7-16(8-6-15)9-10-21(19,20)13-4-2-3-12(11-13)14(17)18/h2-4,11H,5-10H2,1H3,(H,17,18). The van der Waals surface area contributed by atoms with E-state index < -0.39 is 15.8 Å². The molecule has 0 atom stereocenters. The van der Waals surface area contributed by atoms with E-state index in [-0.39, 0.29) is 16.2 Å². The van der Waals surface area contributed by atoms with Crippen molar-refractivity contribution in [3.63, 3.8) is 0 Å². The summed E-state index contributed by atoms with van der Waals surface area (Å²) in [6.45, 7) is 4.08. The van der Waals surface area contributed by atoms with Crippen molar-refractivity contribution >= 4 is 15.8 Å². The highest BCUT2D eigenvalue weighted by Crippen LogP contribution is 2.14. The number of likely N-dealkylation sites (N-methyl/N-ethyl adjacent to an activating group) is 1. The summed E-state index contributed by atoms with van der Waals surface area (Å²) in [4.78, 5) is 15.3. The highest BCUT2D eigenvalue weighted by Gasteiger charge is 2.20. The maximum Gasteiger partial charge on any atom is 0.335 e. The topological polar surface area (TPSA) is 77.9 Å². The molecule has 1 aromatic rings. The van der Waals surface area contributed by atoms with Crippen molar-refractivity contribution in [3.8, 4) is 0 Å². The molecule has 21 heavy (non-hydrogen) atoms. The number of benzene rings is 1. The molecule has 1 heterocycles. The second kappa shape index (κ2) is 6.55. The monoisotopic (exact) mass is 312 g/mol. The van der Waals surface area contributed by atoms with Crippen molar-refractivity contribution in [3.05, 3.63) is 29.8 Å². The molecule has 7 heteroatoms. The third-order valence-electron chi connectivity index (χ3n) is 3.71. The van der Waals surface area contributed by atoms with Crippen LogP contribution < -0.4 is 0 Å². The van der Waals surface area contributed by atoms with Crippen molar-refractivity contribution in [2.45, 2.75) is 4.90 Å². The van der Waals surface area contributed by atoms with Crippen LogP contribution in [0.2, 0.25) is 0 Å². The fourth-order valence-corrected chi connectivity index (χ4v) is 3.59. The molecule has 6 nitrogen and oxygen atoms in total. The largest absolute Gasteiger partial charge is 0.478 e. The molecular formula is C14H20N2O4S. The zero-order valence-corrected chi connectivity index (χ0v) is 12.8. The molecule has 1 aliphatic heterocycles. The molecule has 1 fully saturated rings. The van der Waals surface area contributed by atoms with Gasteiger partial charge in [-0.25, -0.2) is 13.2 Å². The zero-order valence-electron chi connectivity index (χ0n) is 12.0. The van der Waals surface area contributed by atoms with Gasteiger partial charge in [0.2, 0.25) is 0 Å². The Labute approximate surface area is 124 Å². The van der Waals surface area contributed by atoms with Gasteiger partial charge in [-0.05, 0) is 25.2 Å². The third-order valence-corrected chi connectivity index (χ3v) is 5.40. The van der Waals surface area contributed by atoms with E-state index >= 15 is 0 Å². The van der Waals surface area contributed by atoms with E-state index in [1.165, 1.54) is 24.3 Å². The Kier molecular flexibility index (Phi) is 4.97. The molecule has 0 spiro atoms. The number of piperazine rings is 1. The number of hydrogen-bond donors (Lipinski definition) is 1. The molecule has 0 saturated carbocycles. The minimum atomic E-state index is -3.45. The third kappa shape index (κ3) is 4.26. The maximum atomic E-state index is 12.3. The summed E-state index contributed by atoms with van der Waals surface area (Å²) >= 11 is 0. The van der Waals surface area contributed by atoms with E-state index in [9.17, 15) is 13.2 Å². The molecular weight excluding hydrogens is 292 g/mol. The van der Waals surface area contributed by atoms with Gasteiger partial charge in [-0.3, -0.25) is 4.90 Å². The quantitative estimate of drug-likeness (QED) is 0.848. The molecule has 0 aromatic heterocycles. The number of aromatic carboxylic acids is 1. The first-order valence-electron chi connectivity index (χ1n) is 6.85. The van der Waals surface area contributed by atoms with Crippen molar-refractivity contribution in [1.82, 2.24) is 9.80 Å². The molecule has 0 radical (unpaired) electrons. The van der Waals surface area contributed by atoms with Crippen LogP contribution in [0.4, 0.5) is 0 Å². The number of sulfone groups is 1. The lowest BCUT2D eigenvalue weighted by Crippen LogP contribution is -2.45. The summed E-state index contributed by atoms with van der Waals surface area (Å²) in [5, 5.41) is 8.93. The number of rotatable bonds is 5. The van der Waals surface area contributed by atoms with Gasteiger partial charge in [-0.1, -0.05) is 6.07 Å². The fourth-order valence-electron chi connectivity index (χ4n) is 2.26. The number of carboxylic acid groups (broad SMARTS) is 1. The van der Waals surface area contributed by atoms with Crippen LogP contribution in [0, 0.1) is 0 Å². The summed E-state index contributed by atoms with van der Waals surface area (Å²) in [6, 6.07) is 5.53. The first kappa shape index (κ1) is 15.9. The van der Waals surface area contributed by atoms with Gasteiger partial charge in [-0.2, -0.15) is 0 Å². The lowest BCUT2D eigenvalue weighted by Gasteiger charge is -2.32. The lowest BCUT2D eigenvalue weighted by atomic mass is 10.2. The van der Waals surface area contributed by atoms with Crippen molar-refractivity contribution in [2.75, 3.05) is 45.5 Å². The van der Waals surface area contributed by atoms with Crippen LogP contribution in [0.15, 0.2) is 29.2 Å². The Balaban J connectivity index is 2.01. The molecule has 116 valence electrons. The maximum absolute atomic E-state index is 12.3. The summed E-state index contributed by atoms with van der Waals surface area (Å²) < 4.78 is 24.6. The SMILES string of the molecule is CN1CCN(CCS(=O)(=O)c2cccc(C(=O)O)c2)CC1. The molecule has 1 N–H and O–H groups in total. The van der Waals surface area contributed by atoms with Gasteiger partial charge in [0.15, 0.2) is 9.84 Å². The van der Waals surface area contributed by atoms with Gasteiger partial charge >= 0.3 is 5.97 Å².